The lowest BCUT2D eigenvalue weighted by atomic mass is 10.3. The van der Waals surface area contributed by atoms with Crippen LogP contribution in [0, 0.1) is 5.92 Å². The number of nitrogens with zero attached hydrogens (tertiary/aromatic N) is 1. The highest BCUT2D eigenvalue weighted by Crippen LogP contribution is 2.39. The van der Waals surface area contributed by atoms with E-state index >= 15 is 0 Å². The molecule has 0 saturated heterocycles. The number of benzene rings is 1. The van der Waals surface area contributed by atoms with Gasteiger partial charge in [0.15, 0.2) is 0 Å². The van der Waals surface area contributed by atoms with Crippen molar-refractivity contribution in [2.75, 3.05) is 6.54 Å². The zero-order chi connectivity index (χ0) is 12.8. The van der Waals surface area contributed by atoms with Crippen LogP contribution in [0.15, 0.2) is 29.2 Å². The topological polar surface area (TPSA) is 57.6 Å². The van der Waals surface area contributed by atoms with E-state index < -0.39 is 10.0 Å². The van der Waals surface area contributed by atoms with Gasteiger partial charge in [-0.3, -0.25) is 0 Å². The van der Waals surface area contributed by atoms with Crippen molar-refractivity contribution >= 4 is 10.0 Å². The number of para-hydroxylation sites is 1. The summed E-state index contributed by atoms with van der Waals surface area (Å²) in [6.07, 6.45) is 4.14. The Bertz CT molecular complexity index is 547. The number of aromatic hydroxyl groups is 1. The Labute approximate surface area is 107 Å². The molecule has 1 aromatic carbocycles. The number of hydrogen-bond donors (Lipinski definition) is 1. The van der Waals surface area contributed by atoms with Crippen LogP contribution in [0.4, 0.5) is 0 Å². The zero-order valence-corrected chi connectivity index (χ0v) is 10.9. The second kappa shape index (κ2) is 4.24. The second-order valence-corrected chi connectivity index (χ2v) is 7.08. The maximum absolute atomic E-state index is 12.6. The summed E-state index contributed by atoms with van der Waals surface area (Å²) in [6, 6.07) is 6.34. The van der Waals surface area contributed by atoms with Crippen molar-refractivity contribution in [1.29, 1.82) is 0 Å². The molecular formula is C13H17NO3S. The van der Waals surface area contributed by atoms with Gasteiger partial charge in [0, 0.05) is 12.6 Å². The molecule has 0 spiro atoms. The first kappa shape index (κ1) is 12.0. The summed E-state index contributed by atoms with van der Waals surface area (Å²) in [5.41, 5.74) is 0. The van der Waals surface area contributed by atoms with Gasteiger partial charge in [0.25, 0.3) is 0 Å². The Morgan fingerprint density at radius 3 is 2.39 bits per heavy atom. The van der Waals surface area contributed by atoms with Gasteiger partial charge in [0.1, 0.15) is 10.6 Å². The fraction of sp³-hybridized carbons (Fsp3) is 0.538. The summed E-state index contributed by atoms with van der Waals surface area (Å²) < 4.78 is 26.7. The van der Waals surface area contributed by atoms with E-state index in [1.165, 1.54) is 12.1 Å². The second-order valence-electron chi connectivity index (χ2n) is 5.22. The largest absolute Gasteiger partial charge is 0.507 e. The summed E-state index contributed by atoms with van der Waals surface area (Å²) >= 11 is 0. The van der Waals surface area contributed by atoms with E-state index in [1.807, 2.05) is 0 Å². The highest BCUT2D eigenvalue weighted by molar-refractivity contribution is 7.89. The molecule has 0 heterocycles. The summed E-state index contributed by atoms with van der Waals surface area (Å²) in [6.45, 7) is 0.612. The molecule has 2 saturated carbocycles. The number of rotatable bonds is 5. The third-order valence-electron chi connectivity index (χ3n) is 3.54. The van der Waals surface area contributed by atoms with Crippen LogP contribution in [-0.2, 0) is 10.0 Å². The van der Waals surface area contributed by atoms with Gasteiger partial charge in [0.2, 0.25) is 10.0 Å². The average Bonchev–Trinajstić information content (AvgIpc) is 3.19. The molecule has 0 radical (unpaired) electrons. The monoisotopic (exact) mass is 267 g/mol. The molecular weight excluding hydrogens is 250 g/mol. The number of hydrogen-bond acceptors (Lipinski definition) is 3. The molecule has 0 aromatic heterocycles. The molecule has 2 aliphatic rings. The van der Waals surface area contributed by atoms with Gasteiger partial charge in [-0.05, 0) is 43.7 Å². The van der Waals surface area contributed by atoms with Crippen molar-refractivity contribution in [2.24, 2.45) is 5.92 Å². The molecule has 4 nitrogen and oxygen atoms in total. The van der Waals surface area contributed by atoms with Gasteiger partial charge in [-0.25, -0.2) is 8.42 Å². The van der Waals surface area contributed by atoms with Gasteiger partial charge < -0.3 is 5.11 Å². The molecule has 0 amide bonds. The highest BCUT2D eigenvalue weighted by atomic mass is 32.2. The first-order chi connectivity index (χ1) is 8.59. The smallest absolute Gasteiger partial charge is 0.247 e. The highest BCUT2D eigenvalue weighted by Gasteiger charge is 2.41. The Balaban J connectivity index is 1.93. The molecule has 3 rings (SSSR count). The van der Waals surface area contributed by atoms with Crippen LogP contribution in [0.25, 0.3) is 0 Å². The Morgan fingerprint density at radius 1 is 1.17 bits per heavy atom. The maximum atomic E-state index is 12.6. The minimum atomic E-state index is -3.54. The SMILES string of the molecule is O=S(=O)(c1ccccc1O)N(CC1CC1)C1CC1. The molecule has 2 aliphatic carbocycles. The standard InChI is InChI=1S/C13H17NO3S/c15-12-3-1-2-4-13(12)18(16,17)14(11-7-8-11)9-10-5-6-10/h1-4,10-11,15H,5-9H2. The molecule has 5 heteroatoms. The van der Waals surface area contributed by atoms with E-state index in [4.69, 9.17) is 0 Å². The van der Waals surface area contributed by atoms with E-state index in [2.05, 4.69) is 0 Å². The van der Waals surface area contributed by atoms with Crippen molar-refractivity contribution in [2.45, 2.75) is 36.6 Å². The molecule has 1 N–H and O–H groups in total. The summed E-state index contributed by atoms with van der Waals surface area (Å²) in [5.74, 6) is 0.366. The first-order valence-electron chi connectivity index (χ1n) is 6.39. The molecule has 2 fully saturated rings. The normalized spacial score (nSPS) is 20.3. The lowest BCUT2D eigenvalue weighted by Gasteiger charge is -2.22. The van der Waals surface area contributed by atoms with Crippen molar-refractivity contribution in [3.8, 4) is 5.75 Å². The molecule has 18 heavy (non-hydrogen) atoms. The van der Waals surface area contributed by atoms with Crippen LogP contribution in [0.3, 0.4) is 0 Å². The lowest BCUT2D eigenvalue weighted by Crippen LogP contribution is -2.34. The average molecular weight is 267 g/mol. The van der Waals surface area contributed by atoms with Crippen molar-refractivity contribution in [3.63, 3.8) is 0 Å². The summed E-state index contributed by atoms with van der Waals surface area (Å²) in [5, 5.41) is 9.74. The number of sulfonamides is 1. The fourth-order valence-electron chi connectivity index (χ4n) is 2.16. The van der Waals surface area contributed by atoms with E-state index in [9.17, 15) is 13.5 Å². The van der Waals surface area contributed by atoms with Crippen molar-refractivity contribution in [3.05, 3.63) is 24.3 Å². The van der Waals surface area contributed by atoms with Gasteiger partial charge in [-0.2, -0.15) is 4.31 Å². The van der Waals surface area contributed by atoms with E-state index in [-0.39, 0.29) is 16.7 Å². The van der Waals surface area contributed by atoms with Crippen LogP contribution in [0.5, 0.6) is 5.75 Å². The van der Waals surface area contributed by atoms with Crippen molar-refractivity contribution in [1.82, 2.24) is 4.31 Å². The van der Waals surface area contributed by atoms with Crippen LogP contribution < -0.4 is 0 Å². The summed E-state index contributed by atoms with van der Waals surface area (Å²) in [7, 11) is -3.54. The predicted molar refractivity (Wildman–Crippen MR) is 67.7 cm³/mol. The Kier molecular flexibility index (Phi) is 2.83. The van der Waals surface area contributed by atoms with Gasteiger partial charge in [-0.1, -0.05) is 12.1 Å². The van der Waals surface area contributed by atoms with Gasteiger partial charge in [-0.15, -0.1) is 0 Å². The first-order valence-corrected chi connectivity index (χ1v) is 7.83. The quantitative estimate of drug-likeness (QED) is 0.887. The third-order valence-corrected chi connectivity index (χ3v) is 5.51. The Morgan fingerprint density at radius 2 is 1.83 bits per heavy atom. The molecule has 0 atom stereocenters. The molecule has 0 aliphatic heterocycles. The van der Waals surface area contributed by atoms with Crippen LogP contribution in [-0.4, -0.2) is 30.4 Å². The van der Waals surface area contributed by atoms with Crippen LogP contribution in [0.1, 0.15) is 25.7 Å². The molecule has 1 aromatic rings. The number of phenolic OH excluding ortho intramolecular Hbond substituents is 1. The minimum Gasteiger partial charge on any atom is -0.507 e. The maximum Gasteiger partial charge on any atom is 0.247 e. The lowest BCUT2D eigenvalue weighted by molar-refractivity contribution is 0.384. The fourth-order valence-corrected chi connectivity index (χ4v) is 4.01. The molecule has 98 valence electrons. The van der Waals surface area contributed by atoms with Gasteiger partial charge in [0.05, 0.1) is 0 Å². The molecule has 0 unspecified atom stereocenters. The van der Waals surface area contributed by atoms with Crippen LogP contribution >= 0.6 is 0 Å². The van der Waals surface area contributed by atoms with Crippen LogP contribution in [0.2, 0.25) is 0 Å². The Hall–Kier alpha value is -1.07. The number of phenols is 1. The third kappa shape index (κ3) is 2.24. The van der Waals surface area contributed by atoms with E-state index in [0.717, 1.165) is 25.7 Å². The minimum absolute atomic E-state index is 0.0394. The molecule has 0 bridgehead atoms. The van der Waals surface area contributed by atoms with Crippen molar-refractivity contribution < 1.29 is 13.5 Å². The zero-order valence-electron chi connectivity index (χ0n) is 10.1. The van der Waals surface area contributed by atoms with E-state index in [1.54, 1.807) is 16.4 Å². The summed E-state index contributed by atoms with van der Waals surface area (Å²) in [4.78, 5) is 0.0394. The van der Waals surface area contributed by atoms with E-state index in [0.29, 0.717) is 12.5 Å². The van der Waals surface area contributed by atoms with Gasteiger partial charge >= 0.3 is 0 Å². The predicted octanol–water partition coefficient (Wildman–Crippen LogP) is 1.96.